The van der Waals surface area contributed by atoms with Crippen LogP contribution in [0.5, 0.6) is 0 Å². The van der Waals surface area contributed by atoms with Crippen molar-refractivity contribution >= 4 is 37.5 Å². The van der Waals surface area contributed by atoms with Crippen molar-refractivity contribution in [1.29, 1.82) is 0 Å². The number of carbonyl (C=O) groups is 1. The van der Waals surface area contributed by atoms with Crippen LogP contribution in [0.1, 0.15) is 31.2 Å². The zero-order chi connectivity index (χ0) is 21.7. The van der Waals surface area contributed by atoms with Crippen LogP contribution in [0, 0.1) is 11.8 Å². The number of anilines is 1. The molecule has 1 saturated carbocycles. The minimum absolute atomic E-state index is 0.142. The summed E-state index contributed by atoms with van der Waals surface area (Å²) in [5.41, 5.74) is 8.83. The van der Waals surface area contributed by atoms with Crippen LogP contribution >= 0.6 is 15.9 Å². The van der Waals surface area contributed by atoms with Crippen LogP contribution in [0.3, 0.4) is 0 Å². The number of amides is 1. The number of carbonyl (C=O) groups excluding carboxylic acids is 1. The van der Waals surface area contributed by atoms with E-state index in [0.717, 1.165) is 22.9 Å². The van der Waals surface area contributed by atoms with E-state index in [9.17, 15) is 13.2 Å². The predicted octanol–water partition coefficient (Wildman–Crippen LogP) is 3.53. The Hall–Kier alpha value is -1.94. The zero-order valence-corrected chi connectivity index (χ0v) is 18.9. The summed E-state index contributed by atoms with van der Waals surface area (Å²) in [7, 11) is -3.72. The first-order valence-electron chi connectivity index (χ1n) is 9.83. The molecule has 30 heavy (non-hydrogen) atoms. The van der Waals surface area contributed by atoms with Gasteiger partial charge in [0.25, 0.3) is 0 Å². The zero-order valence-electron chi connectivity index (χ0n) is 16.5. The second kappa shape index (κ2) is 9.91. The molecule has 1 amide bonds. The Kier molecular flexibility index (Phi) is 7.51. The molecule has 7 nitrogen and oxygen atoms in total. The number of sulfonamides is 1. The van der Waals surface area contributed by atoms with E-state index in [2.05, 4.69) is 15.9 Å². The number of nitrogen functional groups attached to an aromatic ring is 1. The summed E-state index contributed by atoms with van der Waals surface area (Å²) in [4.78, 5) is 11.9. The number of hydrogen-bond acceptors (Lipinski definition) is 5. The lowest BCUT2D eigenvalue weighted by Gasteiger charge is -2.31. The standard InChI is InChI=1S/C21H26BrN3O4S/c22-18-3-1-2-16(12-18)14-25(30(28,29)20-10-8-19(23)9-11-20)13-15-4-6-17(7-5-15)21(26)24-27/h1-3,8-12,15,17,27H,4-7,13-14,23H2,(H,24,26). The fourth-order valence-corrected chi connectivity index (χ4v) is 5.81. The molecule has 2 aromatic carbocycles. The Morgan fingerprint density at radius 1 is 1.13 bits per heavy atom. The fraction of sp³-hybridized carbons (Fsp3) is 0.381. The lowest BCUT2D eigenvalue weighted by Crippen LogP contribution is -2.38. The van der Waals surface area contributed by atoms with E-state index in [4.69, 9.17) is 10.9 Å². The van der Waals surface area contributed by atoms with Gasteiger partial charge >= 0.3 is 0 Å². The minimum atomic E-state index is -3.72. The van der Waals surface area contributed by atoms with E-state index in [-0.39, 0.29) is 29.2 Å². The molecule has 1 aliphatic rings. The summed E-state index contributed by atoms with van der Waals surface area (Å²) in [5, 5.41) is 8.84. The highest BCUT2D eigenvalue weighted by Gasteiger charge is 2.31. The van der Waals surface area contributed by atoms with Crippen LogP contribution in [-0.4, -0.2) is 30.4 Å². The van der Waals surface area contributed by atoms with Crippen LogP contribution < -0.4 is 11.2 Å². The van der Waals surface area contributed by atoms with Crippen LogP contribution in [0.4, 0.5) is 5.69 Å². The van der Waals surface area contributed by atoms with Crippen LogP contribution in [0.2, 0.25) is 0 Å². The number of hydroxylamine groups is 1. The number of benzene rings is 2. The van der Waals surface area contributed by atoms with Crippen molar-refractivity contribution in [1.82, 2.24) is 9.79 Å². The van der Waals surface area contributed by atoms with Crippen molar-refractivity contribution in [3.8, 4) is 0 Å². The van der Waals surface area contributed by atoms with Gasteiger partial charge in [0.2, 0.25) is 15.9 Å². The maximum absolute atomic E-state index is 13.4. The largest absolute Gasteiger partial charge is 0.399 e. The van der Waals surface area contributed by atoms with Crippen LogP contribution in [0.15, 0.2) is 57.9 Å². The molecule has 162 valence electrons. The van der Waals surface area contributed by atoms with Gasteiger partial charge in [-0.2, -0.15) is 4.31 Å². The molecule has 2 aromatic rings. The number of rotatable bonds is 7. The molecule has 9 heteroatoms. The Labute approximate surface area is 185 Å². The van der Waals surface area contributed by atoms with E-state index in [1.807, 2.05) is 24.3 Å². The fourth-order valence-electron chi connectivity index (χ4n) is 3.86. The molecular formula is C21H26BrN3O4S. The first-order valence-corrected chi connectivity index (χ1v) is 12.1. The van der Waals surface area contributed by atoms with Gasteiger partial charge in [-0.25, -0.2) is 13.9 Å². The van der Waals surface area contributed by atoms with Crippen LogP contribution in [0.25, 0.3) is 0 Å². The van der Waals surface area contributed by atoms with Crippen molar-refractivity contribution in [2.24, 2.45) is 11.8 Å². The summed E-state index contributed by atoms with van der Waals surface area (Å²) in [6.07, 6.45) is 2.71. The average molecular weight is 496 g/mol. The molecule has 0 unspecified atom stereocenters. The normalized spacial score (nSPS) is 19.6. The predicted molar refractivity (Wildman–Crippen MR) is 118 cm³/mol. The monoisotopic (exact) mass is 495 g/mol. The quantitative estimate of drug-likeness (QED) is 0.309. The van der Waals surface area contributed by atoms with Gasteiger partial charge in [-0.3, -0.25) is 10.0 Å². The van der Waals surface area contributed by atoms with Gasteiger partial charge in [0.15, 0.2) is 0 Å². The van der Waals surface area contributed by atoms with Crippen LogP contribution in [-0.2, 0) is 21.4 Å². The third-order valence-corrected chi connectivity index (χ3v) is 7.87. The molecule has 0 atom stereocenters. The number of halogens is 1. The minimum Gasteiger partial charge on any atom is -0.399 e. The van der Waals surface area contributed by atoms with E-state index >= 15 is 0 Å². The molecule has 0 spiro atoms. The van der Waals surface area contributed by atoms with Crippen molar-refractivity contribution < 1.29 is 18.4 Å². The van der Waals surface area contributed by atoms with E-state index < -0.39 is 10.0 Å². The number of hydrogen-bond donors (Lipinski definition) is 3. The molecular weight excluding hydrogens is 470 g/mol. The highest BCUT2D eigenvalue weighted by molar-refractivity contribution is 9.10. The second-order valence-electron chi connectivity index (χ2n) is 7.69. The van der Waals surface area contributed by atoms with Crippen molar-refractivity contribution in [2.45, 2.75) is 37.1 Å². The summed E-state index contributed by atoms with van der Waals surface area (Å²) in [6.45, 7) is 0.621. The molecule has 0 aliphatic heterocycles. The molecule has 1 aliphatic carbocycles. The Balaban J connectivity index is 1.81. The summed E-state index contributed by atoms with van der Waals surface area (Å²) in [5.74, 6) is -0.448. The molecule has 1 fully saturated rings. The molecule has 0 aromatic heterocycles. The number of nitrogens with two attached hydrogens (primary N) is 1. The van der Waals surface area contributed by atoms with Gasteiger partial charge < -0.3 is 5.73 Å². The third kappa shape index (κ3) is 5.60. The molecule has 4 N–H and O–H groups in total. The smallest absolute Gasteiger partial charge is 0.246 e. The lowest BCUT2D eigenvalue weighted by molar-refractivity contribution is -0.134. The third-order valence-electron chi connectivity index (χ3n) is 5.56. The van der Waals surface area contributed by atoms with Gasteiger partial charge in [-0.05, 0) is 73.6 Å². The molecule has 0 bridgehead atoms. The number of nitrogens with one attached hydrogen (secondary N) is 1. The average Bonchev–Trinajstić information content (AvgIpc) is 2.73. The van der Waals surface area contributed by atoms with Gasteiger partial charge in [-0.15, -0.1) is 0 Å². The molecule has 0 heterocycles. The van der Waals surface area contributed by atoms with Gasteiger partial charge in [0.05, 0.1) is 4.90 Å². The first kappa shape index (κ1) is 22.7. The SMILES string of the molecule is Nc1ccc(S(=O)(=O)N(Cc2cccc(Br)c2)CC2CCC(C(=O)NO)CC2)cc1. The topological polar surface area (TPSA) is 113 Å². The number of nitrogens with zero attached hydrogens (tertiary/aromatic N) is 1. The summed E-state index contributed by atoms with van der Waals surface area (Å²) >= 11 is 3.44. The van der Waals surface area contributed by atoms with E-state index in [0.29, 0.717) is 25.1 Å². The highest BCUT2D eigenvalue weighted by atomic mass is 79.9. The maximum Gasteiger partial charge on any atom is 0.246 e. The molecule has 3 rings (SSSR count). The van der Waals surface area contributed by atoms with Gasteiger partial charge in [0, 0.05) is 29.2 Å². The van der Waals surface area contributed by atoms with Crippen molar-refractivity contribution in [3.63, 3.8) is 0 Å². The van der Waals surface area contributed by atoms with Crippen molar-refractivity contribution in [3.05, 3.63) is 58.6 Å². The maximum atomic E-state index is 13.4. The Bertz CT molecular complexity index is 974. The summed E-state index contributed by atoms with van der Waals surface area (Å²) in [6, 6.07) is 13.8. The van der Waals surface area contributed by atoms with E-state index in [1.54, 1.807) is 17.6 Å². The first-order chi connectivity index (χ1) is 14.3. The Morgan fingerprint density at radius 2 is 1.80 bits per heavy atom. The van der Waals surface area contributed by atoms with Crippen molar-refractivity contribution in [2.75, 3.05) is 12.3 Å². The van der Waals surface area contributed by atoms with Gasteiger partial charge in [0.1, 0.15) is 0 Å². The van der Waals surface area contributed by atoms with Gasteiger partial charge in [-0.1, -0.05) is 28.1 Å². The Morgan fingerprint density at radius 3 is 2.40 bits per heavy atom. The van der Waals surface area contributed by atoms with E-state index in [1.165, 1.54) is 16.4 Å². The summed E-state index contributed by atoms with van der Waals surface area (Å²) < 4.78 is 29.2. The molecule has 0 saturated heterocycles. The highest BCUT2D eigenvalue weighted by Crippen LogP contribution is 2.31. The lowest BCUT2D eigenvalue weighted by atomic mass is 9.81. The molecule has 0 radical (unpaired) electrons. The second-order valence-corrected chi connectivity index (χ2v) is 10.5.